The van der Waals surface area contributed by atoms with Crippen LogP contribution in [0.15, 0.2) is 12.2 Å². The topological polar surface area (TPSA) is 29.5 Å². The fourth-order valence-electron chi connectivity index (χ4n) is 1.67. The number of terminal acetylenes is 1. The maximum Gasteiger partial charge on any atom is 0.192 e. The average molecular weight is 297 g/mol. The van der Waals surface area contributed by atoms with E-state index in [-0.39, 0.29) is 11.1 Å². The standard InChI is InChI=1S/C17H32O2Si/c1-10-12-14(18)17(6,7)15(13-11-2)19-20(8,9)16(3,4)5/h1,11,13-15,18H,12H2,2-9H3/t14-,15+/m0/s1. The van der Waals surface area contributed by atoms with Gasteiger partial charge in [0.25, 0.3) is 0 Å². The van der Waals surface area contributed by atoms with Crippen LogP contribution in [0.3, 0.4) is 0 Å². The molecule has 20 heavy (non-hydrogen) atoms. The normalized spacial score (nSPS) is 17.0. The van der Waals surface area contributed by atoms with E-state index in [0.717, 1.165) is 0 Å². The van der Waals surface area contributed by atoms with Crippen molar-refractivity contribution in [1.82, 2.24) is 0 Å². The van der Waals surface area contributed by atoms with Crippen molar-refractivity contribution in [3.63, 3.8) is 0 Å². The van der Waals surface area contributed by atoms with Gasteiger partial charge in [-0.05, 0) is 25.1 Å². The first-order chi connectivity index (χ1) is 8.90. The first kappa shape index (κ1) is 19.4. The van der Waals surface area contributed by atoms with Gasteiger partial charge in [0.1, 0.15) is 0 Å². The molecular formula is C17H32O2Si. The number of allylic oxidation sites excluding steroid dienone is 1. The molecule has 3 heteroatoms. The summed E-state index contributed by atoms with van der Waals surface area (Å²) in [6, 6.07) is 0. The van der Waals surface area contributed by atoms with Gasteiger partial charge in [0.2, 0.25) is 0 Å². The zero-order valence-corrected chi connectivity index (χ0v) is 15.4. The molecule has 0 rings (SSSR count). The van der Waals surface area contributed by atoms with Crippen LogP contribution in [0.1, 0.15) is 48.0 Å². The summed E-state index contributed by atoms with van der Waals surface area (Å²) in [6.07, 6.45) is 9.02. The molecule has 0 fully saturated rings. The van der Waals surface area contributed by atoms with Crippen molar-refractivity contribution in [1.29, 1.82) is 0 Å². The lowest BCUT2D eigenvalue weighted by molar-refractivity contribution is -0.0169. The van der Waals surface area contributed by atoms with E-state index < -0.39 is 19.8 Å². The SMILES string of the molecule is C#CC[C@H](O)C(C)(C)[C@@H](C=CC)O[Si](C)(C)C(C)(C)C. The molecular weight excluding hydrogens is 264 g/mol. The monoisotopic (exact) mass is 296 g/mol. The smallest absolute Gasteiger partial charge is 0.192 e. The molecule has 0 amide bonds. The summed E-state index contributed by atoms with van der Waals surface area (Å²) in [5, 5.41) is 10.5. The Morgan fingerprint density at radius 3 is 2.10 bits per heavy atom. The predicted octanol–water partition coefficient (Wildman–Crippen LogP) is 4.36. The minimum atomic E-state index is -1.90. The molecule has 1 N–H and O–H groups in total. The fraction of sp³-hybridized carbons (Fsp3) is 0.765. The Hall–Kier alpha value is -0.563. The Labute approximate surface area is 126 Å². The van der Waals surface area contributed by atoms with Crippen LogP contribution >= 0.6 is 0 Å². The van der Waals surface area contributed by atoms with Gasteiger partial charge < -0.3 is 9.53 Å². The van der Waals surface area contributed by atoms with Crippen molar-refractivity contribution in [2.24, 2.45) is 5.41 Å². The summed E-state index contributed by atoms with van der Waals surface area (Å²) in [5.74, 6) is 2.55. The van der Waals surface area contributed by atoms with E-state index in [1.54, 1.807) is 0 Å². The maximum atomic E-state index is 10.3. The number of aliphatic hydroxyl groups excluding tert-OH is 1. The molecule has 2 nitrogen and oxygen atoms in total. The molecule has 0 heterocycles. The van der Waals surface area contributed by atoms with Crippen molar-refractivity contribution in [3.05, 3.63) is 12.2 Å². The Bertz CT molecular complexity index is 369. The third-order valence-electron chi connectivity index (χ3n) is 4.50. The zero-order valence-electron chi connectivity index (χ0n) is 14.4. The summed E-state index contributed by atoms with van der Waals surface area (Å²) in [6.45, 7) is 17.1. The van der Waals surface area contributed by atoms with Crippen LogP contribution in [0.5, 0.6) is 0 Å². The largest absolute Gasteiger partial charge is 0.410 e. The molecule has 0 saturated heterocycles. The number of rotatable bonds is 6. The van der Waals surface area contributed by atoms with Crippen molar-refractivity contribution in [2.45, 2.75) is 78.3 Å². The van der Waals surface area contributed by atoms with Gasteiger partial charge in [-0.15, -0.1) is 12.3 Å². The predicted molar refractivity (Wildman–Crippen MR) is 90.1 cm³/mol. The van der Waals surface area contributed by atoms with E-state index in [4.69, 9.17) is 10.8 Å². The van der Waals surface area contributed by atoms with Crippen LogP contribution in [-0.4, -0.2) is 25.6 Å². The highest BCUT2D eigenvalue weighted by Gasteiger charge is 2.44. The summed E-state index contributed by atoms with van der Waals surface area (Å²) >= 11 is 0. The lowest BCUT2D eigenvalue weighted by Crippen LogP contribution is -2.50. The van der Waals surface area contributed by atoms with E-state index in [9.17, 15) is 5.11 Å². The molecule has 0 radical (unpaired) electrons. The number of hydrogen-bond acceptors (Lipinski definition) is 2. The van der Waals surface area contributed by atoms with Gasteiger partial charge in [-0.3, -0.25) is 0 Å². The quantitative estimate of drug-likeness (QED) is 0.448. The summed E-state index contributed by atoms with van der Waals surface area (Å²) in [5.41, 5.74) is -0.408. The first-order valence-corrected chi connectivity index (χ1v) is 10.2. The van der Waals surface area contributed by atoms with E-state index in [1.165, 1.54) is 0 Å². The lowest BCUT2D eigenvalue weighted by Gasteiger charge is -2.44. The number of aliphatic hydroxyl groups is 1. The van der Waals surface area contributed by atoms with Gasteiger partial charge in [-0.2, -0.15) is 0 Å². The van der Waals surface area contributed by atoms with Gasteiger partial charge in [0.05, 0.1) is 12.2 Å². The van der Waals surface area contributed by atoms with E-state index >= 15 is 0 Å². The van der Waals surface area contributed by atoms with Crippen LogP contribution < -0.4 is 0 Å². The summed E-state index contributed by atoms with van der Waals surface area (Å²) in [7, 11) is -1.90. The van der Waals surface area contributed by atoms with Crippen LogP contribution in [-0.2, 0) is 4.43 Å². The molecule has 0 spiro atoms. The molecule has 0 aliphatic carbocycles. The minimum absolute atomic E-state index is 0.128. The summed E-state index contributed by atoms with van der Waals surface area (Å²) in [4.78, 5) is 0. The third kappa shape index (κ3) is 4.77. The molecule has 0 bridgehead atoms. The van der Waals surface area contributed by atoms with Gasteiger partial charge in [0, 0.05) is 11.8 Å². The fourth-order valence-corrected chi connectivity index (χ4v) is 3.04. The Morgan fingerprint density at radius 1 is 1.25 bits per heavy atom. The second-order valence-electron chi connectivity index (χ2n) is 7.57. The van der Waals surface area contributed by atoms with Gasteiger partial charge in [-0.1, -0.05) is 46.8 Å². The van der Waals surface area contributed by atoms with Crippen molar-refractivity contribution < 1.29 is 9.53 Å². The lowest BCUT2D eigenvalue weighted by atomic mass is 9.79. The number of hydrogen-bond donors (Lipinski definition) is 1. The van der Waals surface area contributed by atoms with Crippen LogP contribution in [0, 0.1) is 17.8 Å². The second kappa shape index (κ2) is 6.93. The van der Waals surface area contributed by atoms with Gasteiger partial charge in [0.15, 0.2) is 8.32 Å². The Morgan fingerprint density at radius 2 is 1.75 bits per heavy atom. The zero-order chi connectivity index (χ0) is 16.2. The molecule has 2 atom stereocenters. The van der Waals surface area contributed by atoms with E-state index in [1.807, 2.05) is 32.9 Å². The molecule has 0 unspecified atom stereocenters. The molecule has 0 aromatic rings. The van der Waals surface area contributed by atoms with Gasteiger partial charge in [-0.25, -0.2) is 0 Å². The van der Waals surface area contributed by atoms with E-state index in [0.29, 0.717) is 6.42 Å². The highest BCUT2D eigenvalue weighted by atomic mass is 28.4. The second-order valence-corrected chi connectivity index (χ2v) is 12.3. The van der Waals surface area contributed by atoms with Crippen molar-refractivity contribution in [3.8, 4) is 12.3 Å². The Balaban J connectivity index is 5.32. The minimum Gasteiger partial charge on any atom is -0.410 e. The molecule has 0 aromatic carbocycles. The molecule has 0 aliphatic rings. The van der Waals surface area contributed by atoms with Crippen LogP contribution in [0.25, 0.3) is 0 Å². The maximum absolute atomic E-state index is 10.3. The molecule has 0 aromatic heterocycles. The highest BCUT2D eigenvalue weighted by Crippen LogP contribution is 2.41. The highest BCUT2D eigenvalue weighted by molar-refractivity contribution is 6.74. The van der Waals surface area contributed by atoms with Crippen molar-refractivity contribution >= 4 is 8.32 Å². The molecule has 0 saturated carbocycles. The van der Waals surface area contributed by atoms with Crippen LogP contribution in [0.2, 0.25) is 18.1 Å². The molecule has 0 aliphatic heterocycles. The van der Waals surface area contributed by atoms with Gasteiger partial charge >= 0.3 is 0 Å². The third-order valence-corrected chi connectivity index (χ3v) is 8.95. The van der Waals surface area contributed by atoms with Crippen LogP contribution in [0.4, 0.5) is 0 Å². The average Bonchev–Trinajstić information content (AvgIpc) is 2.26. The molecule has 116 valence electrons. The first-order valence-electron chi connectivity index (χ1n) is 7.32. The van der Waals surface area contributed by atoms with E-state index in [2.05, 4.69) is 39.8 Å². The summed E-state index contributed by atoms with van der Waals surface area (Å²) < 4.78 is 6.50. The Kier molecular flexibility index (Phi) is 6.74. The van der Waals surface area contributed by atoms with Crippen molar-refractivity contribution in [2.75, 3.05) is 0 Å².